The van der Waals surface area contributed by atoms with E-state index < -0.39 is 11.0 Å². The fourth-order valence-corrected chi connectivity index (χ4v) is 4.66. The maximum absolute atomic E-state index is 9.45. The van der Waals surface area contributed by atoms with Crippen LogP contribution in [0.3, 0.4) is 0 Å². The van der Waals surface area contributed by atoms with Crippen molar-refractivity contribution in [3.63, 3.8) is 0 Å². The summed E-state index contributed by atoms with van der Waals surface area (Å²) in [5.74, 6) is 0. The molecule has 0 aliphatic heterocycles. The van der Waals surface area contributed by atoms with E-state index in [1.54, 1.807) is 6.20 Å². The highest BCUT2D eigenvalue weighted by Gasteiger charge is 2.54. The Bertz CT molecular complexity index is 1370. The minimum Gasteiger partial charge on any atom is -0.282 e. The van der Waals surface area contributed by atoms with Crippen molar-refractivity contribution in [1.82, 2.24) is 29.9 Å². The molecule has 1 aliphatic rings. The van der Waals surface area contributed by atoms with Gasteiger partial charge in [-0.1, -0.05) is 0 Å². The summed E-state index contributed by atoms with van der Waals surface area (Å²) in [5, 5.41) is 31.9. The molecular formula is C23H20N8. The highest BCUT2D eigenvalue weighted by Crippen LogP contribution is 2.54. The molecule has 0 saturated heterocycles. The zero-order chi connectivity index (χ0) is 21.6. The summed E-state index contributed by atoms with van der Waals surface area (Å²) in [7, 11) is 0. The molecule has 31 heavy (non-hydrogen) atoms. The van der Waals surface area contributed by atoms with Gasteiger partial charge in [0.2, 0.25) is 0 Å². The van der Waals surface area contributed by atoms with Gasteiger partial charge < -0.3 is 0 Å². The highest BCUT2D eigenvalue weighted by molar-refractivity contribution is 5.93. The molecule has 4 heterocycles. The van der Waals surface area contributed by atoms with Gasteiger partial charge in [-0.15, -0.1) is 0 Å². The van der Waals surface area contributed by atoms with Gasteiger partial charge in [0.05, 0.1) is 40.7 Å². The van der Waals surface area contributed by atoms with Crippen molar-refractivity contribution in [2.45, 2.75) is 38.6 Å². The van der Waals surface area contributed by atoms with E-state index in [0.29, 0.717) is 30.7 Å². The number of H-pyrrole nitrogens is 1. The van der Waals surface area contributed by atoms with Crippen LogP contribution in [0.5, 0.6) is 0 Å². The standard InChI is InChI=1S/C23H20N8/c1-15-10-20(29-28-15)19-11-18-16(4-3-8-26-18)21(27-19)17-5-9-31(30-17)23(6-7-24)12-22(2,13-23)14-25/h3-5,8-11H,6,12-13H2,1-2H3,(H,28,29)/t22-,23-. The molecule has 0 unspecified atom stereocenters. The molecule has 1 fully saturated rings. The number of hydrogen-bond donors (Lipinski definition) is 1. The van der Waals surface area contributed by atoms with Gasteiger partial charge in [0, 0.05) is 23.5 Å². The molecular weight excluding hydrogens is 388 g/mol. The summed E-state index contributed by atoms with van der Waals surface area (Å²) in [5.41, 5.74) is 3.77. The third-order valence-electron chi connectivity index (χ3n) is 6.00. The lowest BCUT2D eigenvalue weighted by molar-refractivity contribution is 0.0200. The van der Waals surface area contributed by atoms with E-state index in [1.807, 2.05) is 55.1 Å². The second kappa shape index (κ2) is 6.75. The van der Waals surface area contributed by atoms with Gasteiger partial charge in [-0.2, -0.15) is 20.7 Å². The van der Waals surface area contributed by atoms with Gasteiger partial charge in [-0.05, 0) is 57.0 Å². The van der Waals surface area contributed by atoms with E-state index in [2.05, 4.69) is 27.3 Å². The summed E-state index contributed by atoms with van der Waals surface area (Å²) in [6.45, 7) is 3.88. The highest BCUT2D eigenvalue weighted by atomic mass is 15.3. The van der Waals surface area contributed by atoms with Gasteiger partial charge in [-0.3, -0.25) is 14.8 Å². The minimum atomic E-state index is -0.456. The quantitative estimate of drug-likeness (QED) is 0.542. The molecule has 1 aliphatic carbocycles. The summed E-state index contributed by atoms with van der Waals surface area (Å²) in [4.78, 5) is 9.38. The Labute approximate surface area is 179 Å². The summed E-state index contributed by atoms with van der Waals surface area (Å²) in [6, 6.07) is 14.3. The Morgan fingerprint density at radius 1 is 1.16 bits per heavy atom. The van der Waals surface area contributed by atoms with Gasteiger partial charge in [0.1, 0.15) is 17.1 Å². The molecule has 0 spiro atoms. The Morgan fingerprint density at radius 3 is 2.71 bits per heavy atom. The predicted octanol–water partition coefficient (Wildman–Crippen LogP) is 4.12. The van der Waals surface area contributed by atoms with Crippen molar-refractivity contribution in [2.24, 2.45) is 5.41 Å². The van der Waals surface area contributed by atoms with Crippen molar-refractivity contribution in [3.8, 4) is 34.9 Å². The Kier molecular flexibility index (Phi) is 4.13. The number of aromatic amines is 1. The summed E-state index contributed by atoms with van der Waals surface area (Å²) in [6.07, 6.45) is 5.16. The van der Waals surface area contributed by atoms with Gasteiger partial charge in [0.15, 0.2) is 0 Å². The topological polar surface area (TPSA) is 120 Å². The largest absolute Gasteiger partial charge is 0.282 e. The van der Waals surface area contributed by atoms with E-state index in [0.717, 1.165) is 28.0 Å². The lowest BCUT2D eigenvalue weighted by Gasteiger charge is -2.50. The lowest BCUT2D eigenvalue weighted by Crippen LogP contribution is -2.51. The van der Waals surface area contributed by atoms with E-state index in [-0.39, 0.29) is 0 Å². The Hall–Kier alpha value is -4.04. The predicted molar refractivity (Wildman–Crippen MR) is 114 cm³/mol. The molecule has 4 aromatic rings. The van der Waals surface area contributed by atoms with Crippen LogP contribution < -0.4 is 0 Å². The molecule has 0 aromatic carbocycles. The lowest BCUT2D eigenvalue weighted by atomic mass is 9.58. The molecule has 0 radical (unpaired) electrons. The number of aromatic nitrogens is 6. The third-order valence-corrected chi connectivity index (χ3v) is 6.00. The maximum atomic E-state index is 9.45. The van der Waals surface area contributed by atoms with Gasteiger partial charge in [-0.25, -0.2) is 4.98 Å². The van der Waals surface area contributed by atoms with Crippen LogP contribution >= 0.6 is 0 Å². The van der Waals surface area contributed by atoms with Crippen LogP contribution in [0.4, 0.5) is 0 Å². The first-order valence-electron chi connectivity index (χ1n) is 10.1. The smallest absolute Gasteiger partial charge is 0.111 e. The van der Waals surface area contributed by atoms with E-state index in [9.17, 15) is 10.5 Å². The molecule has 0 bridgehead atoms. The zero-order valence-electron chi connectivity index (χ0n) is 17.3. The molecule has 5 rings (SSSR count). The summed E-state index contributed by atoms with van der Waals surface area (Å²) >= 11 is 0. The molecule has 0 atom stereocenters. The second-order valence-corrected chi connectivity index (χ2v) is 8.59. The number of pyridine rings is 2. The molecule has 8 heteroatoms. The fourth-order valence-electron chi connectivity index (χ4n) is 4.66. The first kappa shape index (κ1) is 19.0. The van der Waals surface area contributed by atoms with Crippen LogP contribution in [0, 0.1) is 35.0 Å². The van der Waals surface area contributed by atoms with Crippen LogP contribution in [-0.2, 0) is 5.54 Å². The fraction of sp³-hybridized carbons (Fsp3) is 0.304. The van der Waals surface area contributed by atoms with Crippen molar-refractivity contribution < 1.29 is 0 Å². The number of hydrogen-bond acceptors (Lipinski definition) is 6. The Balaban J connectivity index is 1.62. The first-order valence-corrected chi connectivity index (χ1v) is 10.1. The van der Waals surface area contributed by atoms with Crippen molar-refractivity contribution in [3.05, 3.63) is 48.4 Å². The molecule has 8 nitrogen and oxygen atoms in total. The van der Waals surface area contributed by atoms with Crippen molar-refractivity contribution in [2.75, 3.05) is 0 Å². The number of fused-ring (bicyclic) bond motifs is 1. The molecule has 0 amide bonds. The van der Waals surface area contributed by atoms with Crippen molar-refractivity contribution >= 4 is 10.9 Å². The van der Waals surface area contributed by atoms with Gasteiger partial charge >= 0.3 is 0 Å². The number of aryl methyl sites for hydroxylation is 1. The van der Waals surface area contributed by atoms with E-state index in [1.165, 1.54) is 0 Å². The first-order chi connectivity index (χ1) is 15.0. The van der Waals surface area contributed by atoms with Crippen LogP contribution in [0.2, 0.25) is 0 Å². The van der Waals surface area contributed by atoms with Gasteiger partial charge in [0.25, 0.3) is 0 Å². The molecule has 4 aromatic heterocycles. The van der Waals surface area contributed by atoms with Crippen LogP contribution in [-0.4, -0.2) is 29.9 Å². The SMILES string of the molecule is Cc1cc(-c2cc3ncccc3c(-c3ccn([C@]4(CC#N)C[C@@](C)(C#N)C4)n3)n2)n[nH]1. The van der Waals surface area contributed by atoms with E-state index in [4.69, 9.17) is 10.1 Å². The van der Waals surface area contributed by atoms with E-state index >= 15 is 0 Å². The van der Waals surface area contributed by atoms with Crippen LogP contribution in [0.1, 0.15) is 31.9 Å². The average Bonchev–Trinajstić information content (AvgIpc) is 3.41. The zero-order valence-corrected chi connectivity index (χ0v) is 17.3. The monoisotopic (exact) mass is 408 g/mol. The van der Waals surface area contributed by atoms with Crippen LogP contribution in [0.25, 0.3) is 33.7 Å². The van der Waals surface area contributed by atoms with Crippen LogP contribution in [0.15, 0.2) is 42.7 Å². The number of rotatable bonds is 4. The average molecular weight is 408 g/mol. The number of nitrogens with zero attached hydrogens (tertiary/aromatic N) is 7. The molecule has 152 valence electrons. The number of nitrogens with one attached hydrogen (secondary N) is 1. The normalized spacial score (nSPS) is 22.6. The maximum Gasteiger partial charge on any atom is 0.111 e. The molecule has 1 saturated carbocycles. The Morgan fingerprint density at radius 2 is 2.00 bits per heavy atom. The number of nitriles is 2. The van der Waals surface area contributed by atoms with Crippen molar-refractivity contribution in [1.29, 1.82) is 10.5 Å². The summed E-state index contributed by atoms with van der Waals surface area (Å²) < 4.78 is 1.85. The molecule has 1 N–H and O–H groups in total. The third kappa shape index (κ3) is 3.04. The minimum absolute atomic E-state index is 0.313. The second-order valence-electron chi connectivity index (χ2n) is 8.59.